The smallest absolute Gasteiger partial charge is 0.243 e. The minimum Gasteiger partial charge on any atom is -0.495 e. The quantitative estimate of drug-likeness (QED) is 0.588. The van der Waals surface area contributed by atoms with Crippen molar-refractivity contribution in [2.45, 2.75) is 24.7 Å². The number of nitrogens with zero attached hydrogens (tertiary/aromatic N) is 2. The van der Waals surface area contributed by atoms with Gasteiger partial charge >= 0.3 is 0 Å². The lowest BCUT2D eigenvalue weighted by Gasteiger charge is -2.34. The van der Waals surface area contributed by atoms with Gasteiger partial charge in [0, 0.05) is 38.2 Å². The van der Waals surface area contributed by atoms with E-state index < -0.39 is 10.0 Å². The van der Waals surface area contributed by atoms with Gasteiger partial charge in [0.15, 0.2) is 5.78 Å². The molecule has 31 heavy (non-hydrogen) atoms. The number of ether oxygens (including phenoxy) is 1. The number of ketones is 1. The highest BCUT2D eigenvalue weighted by molar-refractivity contribution is 7.89. The summed E-state index contributed by atoms with van der Waals surface area (Å²) >= 11 is 6.13. The zero-order valence-corrected chi connectivity index (χ0v) is 19.1. The molecule has 166 valence electrons. The first kappa shape index (κ1) is 23.2. The van der Waals surface area contributed by atoms with E-state index in [0.29, 0.717) is 42.3 Å². The first-order valence-corrected chi connectivity index (χ1v) is 11.8. The van der Waals surface area contributed by atoms with Crippen LogP contribution in [0, 0.1) is 0 Å². The van der Waals surface area contributed by atoms with Gasteiger partial charge in [-0.2, -0.15) is 4.31 Å². The number of Topliss-reactive ketones (excluding diaryl/α,β-unsaturated/α-hetero) is 1. The van der Waals surface area contributed by atoms with Gasteiger partial charge in [0.2, 0.25) is 15.9 Å². The summed E-state index contributed by atoms with van der Waals surface area (Å²) in [5.74, 6) is 0.452. The van der Waals surface area contributed by atoms with Crippen molar-refractivity contribution in [1.82, 2.24) is 9.21 Å². The summed E-state index contributed by atoms with van der Waals surface area (Å²) in [4.78, 5) is 25.8. The Kier molecular flexibility index (Phi) is 7.35. The molecular weight excluding hydrogens is 440 g/mol. The second-order valence-corrected chi connectivity index (χ2v) is 9.68. The number of hydrogen-bond acceptors (Lipinski definition) is 5. The number of benzene rings is 2. The molecular formula is C22H25ClN2O5S. The minimum atomic E-state index is -3.66. The summed E-state index contributed by atoms with van der Waals surface area (Å²) < 4.78 is 32.2. The number of methoxy groups -OCH3 is 1. The maximum Gasteiger partial charge on any atom is 0.243 e. The van der Waals surface area contributed by atoms with E-state index >= 15 is 0 Å². The second kappa shape index (κ2) is 9.80. The van der Waals surface area contributed by atoms with Gasteiger partial charge in [-0.15, -0.1) is 0 Å². The van der Waals surface area contributed by atoms with Crippen LogP contribution in [0.25, 0.3) is 0 Å². The monoisotopic (exact) mass is 464 g/mol. The Morgan fingerprint density at radius 3 is 2.23 bits per heavy atom. The molecule has 0 radical (unpaired) electrons. The predicted molar refractivity (Wildman–Crippen MR) is 118 cm³/mol. The molecule has 1 amide bonds. The van der Waals surface area contributed by atoms with E-state index in [4.69, 9.17) is 16.3 Å². The Morgan fingerprint density at radius 2 is 1.68 bits per heavy atom. The number of piperazine rings is 1. The van der Waals surface area contributed by atoms with E-state index in [1.165, 1.54) is 35.5 Å². The summed E-state index contributed by atoms with van der Waals surface area (Å²) in [5, 5.41) is 0.502. The van der Waals surface area contributed by atoms with Gasteiger partial charge in [-0.25, -0.2) is 8.42 Å². The van der Waals surface area contributed by atoms with Crippen molar-refractivity contribution in [3.63, 3.8) is 0 Å². The molecule has 2 aromatic carbocycles. The Morgan fingerprint density at radius 1 is 1.03 bits per heavy atom. The third-order valence-corrected chi connectivity index (χ3v) is 7.54. The van der Waals surface area contributed by atoms with Crippen LogP contribution in [0.15, 0.2) is 47.4 Å². The first-order chi connectivity index (χ1) is 14.7. The third-order valence-electron chi connectivity index (χ3n) is 5.33. The molecule has 0 aliphatic carbocycles. The lowest BCUT2D eigenvalue weighted by molar-refractivity contribution is -0.132. The minimum absolute atomic E-state index is 0.0187. The summed E-state index contributed by atoms with van der Waals surface area (Å²) in [5.41, 5.74) is 1.40. The predicted octanol–water partition coefficient (Wildman–Crippen LogP) is 3.02. The van der Waals surface area contributed by atoms with E-state index in [9.17, 15) is 18.0 Å². The highest BCUT2D eigenvalue weighted by Gasteiger charge is 2.30. The van der Waals surface area contributed by atoms with Crippen molar-refractivity contribution in [2.24, 2.45) is 0 Å². The molecule has 0 aromatic heterocycles. The number of halogens is 1. The van der Waals surface area contributed by atoms with Gasteiger partial charge in [-0.1, -0.05) is 29.8 Å². The van der Waals surface area contributed by atoms with E-state index in [0.717, 1.165) is 5.56 Å². The van der Waals surface area contributed by atoms with Crippen LogP contribution in [-0.4, -0.2) is 62.6 Å². The van der Waals surface area contributed by atoms with Gasteiger partial charge in [0.05, 0.1) is 17.0 Å². The van der Waals surface area contributed by atoms with E-state index in [2.05, 4.69) is 0 Å². The van der Waals surface area contributed by atoms with Gasteiger partial charge in [0.25, 0.3) is 0 Å². The average molecular weight is 465 g/mol. The second-order valence-electron chi connectivity index (χ2n) is 7.33. The largest absolute Gasteiger partial charge is 0.495 e. The van der Waals surface area contributed by atoms with Crippen molar-refractivity contribution in [3.05, 3.63) is 58.6 Å². The van der Waals surface area contributed by atoms with Crippen LogP contribution < -0.4 is 4.74 Å². The molecule has 9 heteroatoms. The topological polar surface area (TPSA) is 84.0 Å². The molecule has 3 rings (SSSR count). The molecule has 1 aliphatic rings. The van der Waals surface area contributed by atoms with Crippen molar-refractivity contribution in [2.75, 3.05) is 33.3 Å². The van der Waals surface area contributed by atoms with E-state index in [1.54, 1.807) is 24.1 Å². The van der Waals surface area contributed by atoms with Crippen molar-refractivity contribution >= 4 is 33.3 Å². The molecule has 0 saturated carbocycles. The molecule has 1 aliphatic heterocycles. The summed E-state index contributed by atoms with van der Waals surface area (Å²) in [6.07, 6.45) is 0.867. The molecule has 1 saturated heterocycles. The van der Waals surface area contributed by atoms with Crippen LogP contribution in [0.3, 0.4) is 0 Å². The zero-order chi connectivity index (χ0) is 22.6. The van der Waals surface area contributed by atoms with Crippen LogP contribution in [0.2, 0.25) is 5.02 Å². The SMILES string of the molecule is COc1ccc(CCC(=O)N2CCN(S(=O)(=O)c3ccc(C(C)=O)cc3)CC2)cc1Cl. The lowest BCUT2D eigenvalue weighted by atomic mass is 10.1. The summed E-state index contributed by atoms with van der Waals surface area (Å²) in [6.45, 7) is 2.58. The molecule has 1 fully saturated rings. The normalized spacial score (nSPS) is 15.0. The van der Waals surface area contributed by atoms with Crippen LogP contribution in [0.5, 0.6) is 5.75 Å². The molecule has 0 N–H and O–H groups in total. The van der Waals surface area contributed by atoms with Crippen LogP contribution >= 0.6 is 11.6 Å². The van der Waals surface area contributed by atoms with E-state index in [1.807, 2.05) is 6.07 Å². The highest BCUT2D eigenvalue weighted by Crippen LogP contribution is 2.25. The first-order valence-electron chi connectivity index (χ1n) is 9.93. The molecule has 0 spiro atoms. The molecule has 1 heterocycles. The average Bonchev–Trinajstić information content (AvgIpc) is 2.77. The lowest BCUT2D eigenvalue weighted by Crippen LogP contribution is -2.50. The van der Waals surface area contributed by atoms with Crippen LogP contribution in [-0.2, 0) is 21.2 Å². The fourth-order valence-corrected chi connectivity index (χ4v) is 5.17. The summed E-state index contributed by atoms with van der Waals surface area (Å²) in [7, 11) is -2.12. The fraction of sp³-hybridized carbons (Fsp3) is 0.364. The fourth-order valence-electron chi connectivity index (χ4n) is 3.46. The summed E-state index contributed by atoms with van der Waals surface area (Å²) in [6, 6.07) is 11.4. The molecule has 7 nitrogen and oxygen atoms in total. The maximum atomic E-state index is 12.9. The Labute approximate surface area is 187 Å². The number of aryl methyl sites for hydroxylation is 1. The number of amides is 1. The molecule has 2 aromatic rings. The Hall–Kier alpha value is -2.42. The van der Waals surface area contributed by atoms with Crippen LogP contribution in [0.4, 0.5) is 0 Å². The van der Waals surface area contributed by atoms with Gasteiger partial charge in [-0.05, 0) is 43.2 Å². The van der Waals surface area contributed by atoms with Crippen molar-refractivity contribution in [3.8, 4) is 5.75 Å². The third kappa shape index (κ3) is 5.44. The molecule has 0 bridgehead atoms. The van der Waals surface area contributed by atoms with Gasteiger partial charge < -0.3 is 9.64 Å². The van der Waals surface area contributed by atoms with Crippen molar-refractivity contribution in [1.29, 1.82) is 0 Å². The van der Waals surface area contributed by atoms with Crippen LogP contribution in [0.1, 0.15) is 29.3 Å². The van der Waals surface area contributed by atoms with Gasteiger partial charge in [-0.3, -0.25) is 9.59 Å². The molecule has 0 unspecified atom stereocenters. The maximum absolute atomic E-state index is 12.9. The van der Waals surface area contributed by atoms with E-state index in [-0.39, 0.29) is 29.7 Å². The molecule has 0 atom stereocenters. The number of carbonyl (C=O) groups is 2. The Balaban J connectivity index is 1.55. The number of sulfonamides is 1. The van der Waals surface area contributed by atoms with Crippen molar-refractivity contribution < 1.29 is 22.7 Å². The zero-order valence-electron chi connectivity index (χ0n) is 17.5. The number of carbonyl (C=O) groups excluding carboxylic acids is 2. The highest BCUT2D eigenvalue weighted by atomic mass is 35.5. The number of rotatable bonds is 7. The number of hydrogen-bond donors (Lipinski definition) is 0. The standard InChI is InChI=1S/C22H25ClN2O5S/c1-16(26)18-5-7-19(8-6-18)31(28,29)25-13-11-24(12-14-25)22(27)10-4-17-3-9-21(30-2)20(23)15-17/h3,5-9,15H,4,10-14H2,1-2H3. The van der Waals surface area contributed by atoms with Gasteiger partial charge in [0.1, 0.15) is 5.75 Å². The Bertz CT molecular complexity index is 1060.